The Morgan fingerprint density at radius 1 is 1.04 bits per heavy atom. The molecule has 2 aromatic carbocycles. The summed E-state index contributed by atoms with van der Waals surface area (Å²) in [4.78, 5) is 26.9. The SMILES string of the molecule is O=C1OCC(Cc2ccccc2)N1C(=O)C1CNCC1c1ccccc1. The van der Waals surface area contributed by atoms with Gasteiger partial charge in [-0.05, 0) is 17.5 Å². The number of rotatable bonds is 4. The number of nitrogens with zero attached hydrogens (tertiary/aromatic N) is 1. The fraction of sp³-hybridized carbons (Fsp3) is 0.333. The second-order valence-corrected chi connectivity index (χ2v) is 6.91. The van der Waals surface area contributed by atoms with E-state index in [1.807, 2.05) is 60.7 Å². The van der Waals surface area contributed by atoms with E-state index in [1.54, 1.807) is 0 Å². The number of amides is 2. The molecule has 26 heavy (non-hydrogen) atoms. The van der Waals surface area contributed by atoms with Crippen LogP contribution in [0.4, 0.5) is 4.79 Å². The number of imide groups is 1. The Bertz CT molecular complexity index is 778. The average Bonchev–Trinajstić information content (AvgIpc) is 3.30. The minimum atomic E-state index is -0.519. The first-order valence-corrected chi connectivity index (χ1v) is 9.03. The molecular weight excluding hydrogens is 328 g/mol. The topological polar surface area (TPSA) is 58.6 Å². The van der Waals surface area contributed by atoms with Gasteiger partial charge in [0.1, 0.15) is 6.61 Å². The Labute approximate surface area is 153 Å². The summed E-state index contributed by atoms with van der Waals surface area (Å²) in [7, 11) is 0. The lowest BCUT2D eigenvalue weighted by molar-refractivity contribution is -0.133. The fourth-order valence-electron chi connectivity index (χ4n) is 3.93. The highest BCUT2D eigenvalue weighted by atomic mass is 16.6. The molecule has 2 amide bonds. The van der Waals surface area contributed by atoms with Crippen LogP contribution in [0.3, 0.4) is 0 Å². The number of carbonyl (C=O) groups is 2. The van der Waals surface area contributed by atoms with Crippen molar-refractivity contribution in [1.29, 1.82) is 0 Å². The van der Waals surface area contributed by atoms with Crippen molar-refractivity contribution >= 4 is 12.0 Å². The lowest BCUT2D eigenvalue weighted by atomic mass is 9.87. The van der Waals surface area contributed by atoms with Crippen molar-refractivity contribution in [2.75, 3.05) is 19.7 Å². The first-order chi connectivity index (χ1) is 12.7. The van der Waals surface area contributed by atoms with Crippen LogP contribution in [0.5, 0.6) is 0 Å². The van der Waals surface area contributed by atoms with Crippen LogP contribution >= 0.6 is 0 Å². The Morgan fingerprint density at radius 2 is 1.73 bits per heavy atom. The Balaban J connectivity index is 1.54. The Hall–Kier alpha value is -2.66. The van der Waals surface area contributed by atoms with Crippen molar-refractivity contribution in [3.8, 4) is 0 Å². The van der Waals surface area contributed by atoms with Gasteiger partial charge >= 0.3 is 6.09 Å². The highest BCUT2D eigenvalue weighted by molar-refractivity contribution is 5.95. The van der Waals surface area contributed by atoms with Crippen molar-refractivity contribution in [3.05, 3.63) is 71.8 Å². The highest BCUT2D eigenvalue weighted by Crippen LogP contribution is 2.31. The maximum Gasteiger partial charge on any atom is 0.416 e. The molecule has 3 unspecified atom stereocenters. The van der Waals surface area contributed by atoms with Gasteiger partial charge in [0.2, 0.25) is 5.91 Å². The van der Waals surface area contributed by atoms with Crippen LogP contribution < -0.4 is 5.32 Å². The predicted molar refractivity (Wildman–Crippen MR) is 97.7 cm³/mol. The third-order valence-electron chi connectivity index (χ3n) is 5.27. The number of benzene rings is 2. The van der Waals surface area contributed by atoms with Gasteiger partial charge < -0.3 is 10.1 Å². The van der Waals surface area contributed by atoms with Gasteiger partial charge in [0.15, 0.2) is 0 Å². The summed E-state index contributed by atoms with van der Waals surface area (Å²) >= 11 is 0. The average molecular weight is 350 g/mol. The van der Waals surface area contributed by atoms with E-state index in [9.17, 15) is 9.59 Å². The lowest BCUT2D eigenvalue weighted by Crippen LogP contribution is -2.45. The van der Waals surface area contributed by atoms with Crippen LogP contribution in [0.1, 0.15) is 17.0 Å². The van der Waals surface area contributed by atoms with Gasteiger partial charge in [0.05, 0.1) is 12.0 Å². The molecule has 0 saturated carbocycles. The van der Waals surface area contributed by atoms with Gasteiger partial charge in [-0.25, -0.2) is 9.69 Å². The zero-order valence-electron chi connectivity index (χ0n) is 14.5. The van der Waals surface area contributed by atoms with Gasteiger partial charge in [0.25, 0.3) is 0 Å². The smallest absolute Gasteiger partial charge is 0.416 e. The molecule has 2 heterocycles. The molecule has 3 atom stereocenters. The molecule has 2 aliphatic heterocycles. The maximum absolute atomic E-state index is 13.2. The maximum atomic E-state index is 13.2. The monoisotopic (exact) mass is 350 g/mol. The molecule has 0 bridgehead atoms. The van der Waals surface area contributed by atoms with Gasteiger partial charge in [0, 0.05) is 19.0 Å². The molecule has 134 valence electrons. The van der Waals surface area contributed by atoms with Crippen LogP contribution in [-0.2, 0) is 16.0 Å². The molecule has 2 aliphatic rings. The first-order valence-electron chi connectivity index (χ1n) is 9.03. The number of nitrogens with one attached hydrogen (secondary N) is 1. The minimum Gasteiger partial charge on any atom is -0.447 e. The summed E-state index contributed by atoms with van der Waals surface area (Å²) in [6.07, 6.45) is 0.101. The summed E-state index contributed by atoms with van der Waals surface area (Å²) in [6, 6.07) is 19.7. The van der Waals surface area contributed by atoms with Gasteiger partial charge in [-0.15, -0.1) is 0 Å². The summed E-state index contributed by atoms with van der Waals surface area (Å²) < 4.78 is 5.22. The first kappa shape index (κ1) is 16.8. The van der Waals surface area contributed by atoms with Crippen molar-refractivity contribution in [1.82, 2.24) is 10.2 Å². The van der Waals surface area contributed by atoms with Gasteiger partial charge in [-0.1, -0.05) is 60.7 Å². The Morgan fingerprint density at radius 3 is 2.46 bits per heavy atom. The van der Waals surface area contributed by atoms with Crippen molar-refractivity contribution in [2.24, 2.45) is 5.92 Å². The van der Waals surface area contributed by atoms with E-state index >= 15 is 0 Å². The standard InChI is InChI=1S/C21H22N2O3/c24-20(19-13-22-12-18(19)16-9-5-2-6-10-16)23-17(14-26-21(23)25)11-15-7-3-1-4-8-15/h1-10,17-19,22H,11-14H2. The third kappa shape index (κ3) is 3.22. The van der Waals surface area contributed by atoms with Crippen LogP contribution in [-0.4, -0.2) is 42.6 Å². The molecule has 1 N–H and O–H groups in total. The van der Waals surface area contributed by atoms with Crippen LogP contribution in [0.2, 0.25) is 0 Å². The number of hydrogen-bond donors (Lipinski definition) is 1. The molecule has 2 aromatic rings. The van der Waals surface area contributed by atoms with Gasteiger partial charge in [-0.2, -0.15) is 0 Å². The molecule has 4 rings (SSSR count). The van der Waals surface area contributed by atoms with Crippen molar-refractivity contribution < 1.29 is 14.3 Å². The van der Waals surface area contributed by atoms with Crippen molar-refractivity contribution in [2.45, 2.75) is 18.4 Å². The summed E-state index contributed by atoms with van der Waals surface area (Å²) in [5, 5.41) is 3.31. The molecule has 5 nitrogen and oxygen atoms in total. The molecule has 5 heteroatoms. The molecule has 0 aromatic heterocycles. The molecule has 2 saturated heterocycles. The molecule has 0 radical (unpaired) electrons. The van der Waals surface area contributed by atoms with Crippen molar-refractivity contribution in [3.63, 3.8) is 0 Å². The number of hydrogen-bond acceptors (Lipinski definition) is 4. The number of cyclic esters (lactones) is 1. The van der Waals surface area contributed by atoms with Crippen LogP contribution in [0, 0.1) is 5.92 Å². The molecule has 0 spiro atoms. The molecule has 0 aliphatic carbocycles. The lowest BCUT2D eigenvalue weighted by Gasteiger charge is -2.25. The van der Waals surface area contributed by atoms with E-state index in [4.69, 9.17) is 4.74 Å². The largest absolute Gasteiger partial charge is 0.447 e. The zero-order valence-corrected chi connectivity index (χ0v) is 14.5. The van der Waals surface area contributed by atoms with E-state index in [1.165, 1.54) is 4.90 Å². The highest BCUT2D eigenvalue weighted by Gasteiger charge is 2.44. The second kappa shape index (κ2) is 7.30. The van der Waals surface area contributed by atoms with E-state index in [2.05, 4.69) is 5.32 Å². The second-order valence-electron chi connectivity index (χ2n) is 6.91. The van der Waals surface area contributed by atoms with E-state index in [0.717, 1.165) is 17.7 Å². The molecule has 2 fully saturated rings. The summed E-state index contributed by atoms with van der Waals surface area (Å²) in [5.74, 6) is -0.303. The zero-order chi connectivity index (χ0) is 17.9. The summed E-state index contributed by atoms with van der Waals surface area (Å²) in [5.41, 5.74) is 2.22. The Kier molecular flexibility index (Phi) is 4.71. The number of ether oxygens (including phenoxy) is 1. The van der Waals surface area contributed by atoms with Crippen LogP contribution in [0.25, 0.3) is 0 Å². The normalized spacial score (nSPS) is 25.3. The van der Waals surface area contributed by atoms with Gasteiger partial charge in [-0.3, -0.25) is 4.79 Å². The minimum absolute atomic E-state index is 0.0782. The van der Waals surface area contributed by atoms with E-state index in [0.29, 0.717) is 13.0 Å². The fourth-order valence-corrected chi connectivity index (χ4v) is 3.93. The molecular formula is C21H22N2O3. The number of carbonyl (C=O) groups excluding carboxylic acids is 2. The third-order valence-corrected chi connectivity index (χ3v) is 5.27. The van der Waals surface area contributed by atoms with E-state index < -0.39 is 6.09 Å². The quantitative estimate of drug-likeness (QED) is 0.921. The predicted octanol–water partition coefficient (Wildman–Crippen LogP) is 2.58. The van der Waals surface area contributed by atoms with E-state index in [-0.39, 0.29) is 30.4 Å². The summed E-state index contributed by atoms with van der Waals surface area (Å²) in [6.45, 7) is 1.59. The van der Waals surface area contributed by atoms with Crippen LogP contribution in [0.15, 0.2) is 60.7 Å².